The molecule has 2 nitrogen and oxygen atoms in total. The van der Waals surface area contributed by atoms with Crippen molar-refractivity contribution in [1.82, 2.24) is 0 Å². The molecule has 0 bridgehead atoms. The fourth-order valence-electron chi connectivity index (χ4n) is 2.49. The summed E-state index contributed by atoms with van der Waals surface area (Å²) in [5.74, 6) is 0. The van der Waals surface area contributed by atoms with E-state index in [-0.39, 0.29) is 6.10 Å². The Morgan fingerprint density at radius 3 is 2.94 bits per heavy atom. The number of hydrogen-bond donors (Lipinski definition) is 1. The van der Waals surface area contributed by atoms with Gasteiger partial charge in [-0.2, -0.15) is 0 Å². The molecule has 1 aromatic carbocycles. The molecule has 2 heteroatoms. The summed E-state index contributed by atoms with van der Waals surface area (Å²) in [7, 11) is 2.18. The molecule has 2 rings (SSSR count). The van der Waals surface area contributed by atoms with E-state index >= 15 is 0 Å². The molecule has 1 N–H and O–H groups in total. The van der Waals surface area contributed by atoms with Crippen molar-refractivity contribution in [2.24, 2.45) is 0 Å². The summed E-state index contributed by atoms with van der Waals surface area (Å²) in [6.45, 7) is 3.02. The zero-order valence-corrected chi connectivity index (χ0v) is 10.9. The molecule has 0 spiro atoms. The standard InChI is InChI=1S/C15H23NO/c1-12(17)6-7-13-8-9-14-5-3-4-10-16(2)15(14)11-13/h8-9,11-12,17H,3-7,10H2,1-2H3. The highest BCUT2D eigenvalue weighted by atomic mass is 16.3. The van der Waals surface area contributed by atoms with Gasteiger partial charge in [0.05, 0.1) is 6.10 Å². The highest BCUT2D eigenvalue weighted by Gasteiger charge is 2.12. The zero-order valence-electron chi connectivity index (χ0n) is 10.9. The van der Waals surface area contributed by atoms with Gasteiger partial charge in [-0.25, -0.2) is 0 Å². The van der Waals surface area contributed by atoms with E-state index in [1.807, 2.05) is 6.92 Å². The number of aliphatic hydroxyl groups excluding tert-OH is 1. The summed E-state index contributed by atoms with van der Waals surface area (Å²) >= 11 is 0. The maximum absolute atomic E-state index is 9.34. The van der Waals surface area contributed by atoms with Gasteiger partial charge >= 0.3 is 0 Å². The molecule has 1 atom stereocenters. The highest BCUT2D eigenvalue weighted by molar-refractivity contribution is 5.55. The summed E-state index contributed by atoms with van der Waals surface area (Å²) in [6.07, 6.45) is 5.41. The summed E-state index contributed by atoms with van der Waals surface area (Å²) in [5, 5.41) is 9.34. The van der Waals surface area contributed by atoms with Gasteiger partial charge in [0.2, 0.25) is 0 Å². The third kappa shape index (κ3) is 3.22. The second kappa shape index (κ2) is 5.54. The van der Waals surface area contributed by atoms with Gasteiger partial charge < -0.3 is 10.0 Å². The summed E-state index contributed by atoms with van der Waals surface area (Å²) < 4.78 is 0. The Labute approximate surface area is 104 Å². The number of benzene rings is 1. The van der Waals surface area contributed by atoms with Gasteiger partial charge in [-0.3, -0.25) is 0 Å². The molecule has 0 aromatic heterocycles. The first-order valence-electron chi connectivity index (χ1n) is 6.68. The lowest BCUT2D eigenvalue weighted by Gasteiger charge is -2.20. The minimum Gasteiger partial charge on any atom is -0.393 e. The Kier molecular flexibility index (Phi) is 4.06. The lowest BCUT2D eigenvalue weighted by molar-refractivity contribution is 0.185. The number of rotatable bonds is 3. The molecule has 17 heavy (non-hydrogen) atoms. The van der Waals surface area contributed by atoms with Crippen LogP contribution in [0.4, 0.5) is 5.69 Å². The van der Waals surface area contributed by atoms with Gasteiger partial charge in [0.15, 0.2) is 0 Å². The van der Waals surface area contributed by atoms with Crippen molar-refractivity contribution in [2.75, 3.05) is 18.5 Å². The monoisotopic (exact) mass is 233 g/mol. The Balaban J connectivity index is 2.16. The molecule has 0 saturated carbocycles. The van der Waals surface area contributed by atoms with E-state index in [9.17, 15) is 5.11 Å². The van der Waals surface area contributed by atoms with Crippen molar-refractivity contribution < 1.29 is 5.11 Å². The largest absolute Gasteiger partial charge is 0.393 e. The Morgan fingerprint density at radius 2 is 2.18 bits per heavy atom. The van der Waals surface area contributed by atoms with E-state index in [1.54, 1.807) is 0 Å². The molecule has 94 valence electrons. The number of nitrogens with zero attached hydrogens (tertiary/aromatic N) is 1. The number of aryl methyl sites for hydroxylation is 2. The molecule has 1 aromatic rings. The molecule has 0 radical (unpaired) electrons. The zero-order chi connectivity index (χ0) is 12.3. The summed E-state index contributed by atoms with van der Waals surface area (Å²) in [5.41, 5.74) is 4.22. The number of anilines is 1. The quantitative estimate of drug-likeness (QED) is 0.867. The summed E-state index contributed by atoms with van der Waals surface area (Å²) in [6, 6.07) is 6.80. The van der Waals surface area contributed by atoms with Gasteiger partial charge in [-0.15, -0.1) is 0 Å². The molecule has 0 saturated heterocycles. The van der Waals surface area contributed by atoms with Crippen LogP contribution in [0.15, 0.2) is 18.2 Å². The maximum atomic E-state index is 9.34. The van der Waals surface area contributed by atoms with Crippen LogP contribution in [0.1, 0.15) is 37.3 Å². The van der Waals surface area contributed by atoms with Gasteiger partial charge in [0, 0.05) is 19.3 Å². The third-order valence-corrected chi connectivity index (χ3v) is 3.60. The fraction of sp³-hybridized carbons (Fsp3) is 0.600. The Morgan fingerprint density at radius 1 is 1.35 bits per heavy atom. The smallest absolute Gasteiger partial charge is 0.0515 e. The first kappa shape index (κ1) is 12.4. The number of aliphatic hydroxyl groups is 1. The van der Waals surface area contributed by atoms with Crippen LogP contribution in [0.5, 0.6) is 0 Å². The van der Waals surface area contributed by atoms with Crippen molar-refractivity contribution in [1.29, 1.82) is 0 Å². The van der Waals surface area contributed by atoms with Crippen LogP contribution in [0, 0.1) is 0 Å². The molecular formula is C15H23NO. The Bertz CT molecular complexity index is 373. The molecule has 0 aliphatic carbocycles. The van der Waals surface area contributed by atoms with Crippen LogP contribution in [0.25, 0.3) is 0 Å². The molecule has 0 fully saturated rings. The van der Waals surface area contributed by atoms with Crippen LogP contribution >= 0.6 is 0 Å². The van der Waals surface area contributed by atoms with Crippen molar-refractivity contribution in [3.8, 4) is 0 Å². The van der Waals surface area contributed by atoms with Gasteiger partial charge in [-0.1, -0.05) is 12.1 Å². The number of fused-ring (bicyclic) bond motifs is 1. The first-order chi connectivity index (χ1) is 8.16. The molecule has 1 heterocycles. The normalized spacial score (nSPS) is 17.5. The number of hydrogen-bond acceptors (Lipinski definition) is 2. The van der Waals surface area contributed by atoms with Gasteiger partial charge in [0.1, 0.15) is 0 Å². The maximum Gasteiger partial charge on any atom is 0.0515 e. The van der Waals surface area contributed by atoms with E-state index in [1.165, 1.54) is 36.1 Å². The van der Waals surface area contributed by atoms with Crippen molar-refractivity contribution in [3.63, 3.8) is 0 Å². The van der Waals surface area contributed by atoms with Gasteiger partial charge in [-0.05, 0) is 56.2 Å². The first-order valence-corrected chi connectivity index (χ1v) is 6.68. The predicted molar refractivity (Wildman–Crippen MR) is 72.7 cm³/mol. The van der Waals surface area contributed by atoms with Crippen LogP contribution in [0.3, 0.4) is 0 Å². The lowest BCUT2D eigenvalue weighted by atomic mass is 10.0. The second-order valence-corrected chi connectivity index (χ2v) is 5.23. The molecule has 0 amide bonds. The molecule has 1 aliphatic rings. The third-order valence-electron chi connectivity index (χ3n) is 3.60. The molecule has 1 aliphatic heterocycles. The SMILES string of the molecule is CC(O)CCc1ccc2c(c1)N(C)CCCC2. The average Bonchev–Trinajstić information content (AvgIpc) is 2.49. The van der Waals surface area contributed by atoms with Crippen LogP contribution in [0.2, 0.25) is 0 Å². The van der Waals surface area contributed by atoms with Crippen molar-refractivity contribution in [2.45, 2.75) is 45.1 Å². The minimum absolute atomic E-state index is 0.202. The highest BCUT2D eigenvalue weighted by Crippen LogP contribution is 2.27. The van der Waals surface area contributed by atoms with E-state index in [0.717, 1.165) is 19.4 Å². The summed E-state index contributed by atoms with van der Waals surface area (Å²) in [4.78, 5) is 2.37. The van der Waals surface area contributed by atoms with Crippen LogP contribution in [-0.2, 0) is 12.8 Å². The van der Waals surface area contributed by atoms with E-state index < -0.39 is 0 Å². The topological polar surface area (TPSA) is 23.5 Å². The molecule has 1 unspecified atom stereocenters. The lowest BCUT2D eigenvalue weighted by Crippen LogP contribution is -2.18. The van der Waals surface area contributed by atoms with E-state index in [0.29, 0.717) is 0 Å². The van der Waals surface area contributed by atoms with Crippen LogP contribution < -0.4 is 4.90 Å². The van der Waals surface area contributed by atoms with Crippen LogP contribution in [-0.4, -0.2) is 24.8 Å². The van der Waals surface area contributed by atoms with Gasteiger partial charge in [0.25, 0.3) is 0 Å². The predicted octanol–water partition coefficient (Wildman–Crippen LogP) is 2.77. The Hall–Kier alpha value is -1.02. The molecular weight excluding hydrogens is 210 g/mol. The van der Waals surface area contributed by atoms with E-state index in [4.69, 9.17) is 0 Å². The van der Waals surface area contributed by atoms with E-state index in [2.05, 4.69) is 30.1 Å². The fourth-order valence-corrected chi connectivity index (χ4v) is 2.49. The minimum atomic E-state index is -0.202. The van der Waals surface area contributed by atoms with Crippen molar-refractivity contribution >= 4 is 5.69 Å². The van der Waals surface area contributed by atoms with Crippen molar-refractivity contribution in [3.05, 3.63) is 29.3 Å². The average molecular weight is 233 g/mol. The second-order valence-electron chi connectivity index (χ2n) is 5.23.